The first-order chi connectivity index (χ1) is 14.4. The minimum atomic E-state index is -0.256. The second-order valence-electron chi connectivity index (χ2n) is 7.65. The van der Waals surface area contributed by atoms with Gasteiger partial charge < -0.3 is 9.80 Å². The number of carbonyl (C=O) groups is 1. The third-order valence-corrected chi connectivity index (χ3v) is 5.30. The second-order valence-corrected chi connectivity index (χ2v) is 7.65. The average molecular weight is 408 g/mol. The number of carbonyl (C=O) groups excluding carboxylic acids is 1. The van der Waals surface area contributed by atoms with Crippen molar-refractivity contribution in [2.24, 2.45) is 0 Å². The van der Waals surface area contributed by atoms with Gasteiger partial charge in [0.25, 0.3) is 5.95 Å². The zero-order valence-electron chi connectivity index (χ0n) is 17.5. The highest BCUT2D eigenvalue weighted by Crippen LogP contribution is 2.20. The normalized spacial score (nSPS) is 14.3. The van der Waals surface area contributed by atoms with Crippen molar-refractivity contribution in [3.05, 3.63) is 64.9 Å². The molecule has 0 bridgehead atoms. The SMILES string of the molecule is CC(=O)N1CCN(c2cc(Cc3ccc(F)cc3)nc(-n3nc(C)cc3C)n2)CC1. The first-order valence-corrected chi connectivity index (χ1v) is 10.1. The number of halogens is 1. The Morgan fingerprint density at radius 3 is 2.33 bits per heavy atom. The number of aryl methyl sites for hydroxylation is 2. The van der Waals surface area contributed by atoms with Gasteiger partial charge in [-0.1, -0.05) is 12.1 Å². The predicted molar refractivity (Wildman–Crippen MR) is 112 cm³/mol. The van der Waals surface area contributed by atoms with E-state index in [2.05, 4.69) is 10.00 Å². The Balaban J connectivity index is 1.68. The molecule has 0 unspecified atom stereocenters. The predicted octanol–water partition coefficient (Wildman–Crippen LogP) is 2.68. The van der Waals surface area contributed by atoms with Crippen LogP contribution in [0.2, 0.25) is 0 Å². The fourth-order valence-electron chi connectivity index (χ4n) is 3.71. The topological polar surface area (TPSA) is 67.2 Å². The first-order valence-electron chi connectivity index (χ1n) is 10.1. The molecule has 1 aliphatic rings. The smallest absolute Gasteiger partial charge is 0.252 e. The summed E-state index contributed by atoms with van der Waals surface area (Å²) in [5.74, 6) is 1.17. The molecular weight excluding hydrogens is 383 g/mol. The Bertz CT molecular complexity index is 1050. The molecule has 1 aliphatic heterocycles. The minimum Gasteiger partial charge on any atom is -0.353 e. The number of anilines is 1. The van der Waals surface area contributed by atoms with Gasteiger partial charge in [0.15, 0.2) is 0 Å². The van der Waals surface area contributed by atoms with E-state index in [0.29, 0.717) is 38.5 Å². The maximum Gasteiger partial charge on any atom is 0.252 e. The zero-order chi connectivity index (χ0) is 21.3. The van der Waals surface area contributed by atoms with E-state index in [1.165, 1.54) is 12.1 Å². The van der Waals surface area contributed by atoms with Crippen molar-refractivity contribution < 1.29 is 9.18 Å². The Hall–Kier alpha value is -3.29. The van der Waals surface area contributed by atoms with Crippen LogP contribution in [-0.4, -0.2) is 56.7 Å². The fraction of sp³-hybridized carbons (Fsp3) is 0.364. The van der Waals surface area contributed by atoms with Crippen LogP contribution in [0.25, 0.3) is 5.95 Å². The molecular formula is C22H25FN6O. The number of amides is 1. The van der Waals surface area contributed by atoms with E-state index < -0.39 is 0 Å². The van der Waals surface area contributed by atoms with Crippen molar-refractivity contribution in [2.75, 3.05) is 31.1 Å². The molecule has 30 heavy (non-hydrogen) atoms. The standard InChI is InChI=1S/C22H25FN6O/c1-15-12-16(2)29(26-15)22-24-20(13-18-4-6-19(23)7-5-18)14-21(25-22)28-10-8-27(9-11-28)17(3)30/h4-7,12,14H,8-11,13H2,1-3H3. The van der Waals surface area contributed by atoms with Crippen LogP contribution in [0.4, 0.5) is 10.2 Å². The van der Waals surface area contributed by atoms with Crippen molar-refractivity contribution in [1.82, 2.24) is 24.6 Å². The molecule has 0 saturated carbocycles. The van der Waals surface area contributed by atoms with Gasteiger partial charge in [0.2, 0.25) is 5.91 Å². The van der Waals surface area contributed by atoms with Gasteiger partial charge in [0, 0.05) is 51.3 Å². The van der Waals surface area contributed by atoms with E-state index in [9.17, 15) is 9.18 Å². The van der Waals surface area contributed by atoms with Crippen LogP contribution in [0.5, 0.6) is 0 Å². The van der Waals surface area contributed by atoms with E-state index in [-0.39, 0.29) is 11.7 Å². The quantitative estimate of drug-likeness (QED) is 0.664. The first kappa shape index (κ1) is 20.0. The molecule has 8 heteroatoms. The second kappa shape index (κ2) is 8.22. The van der Waals surface area contributed by atoms with Gasteiger partial charge in [-0.3, -0.25) is 4.79 Å². The van der Waals surface area contributed by atoms with Crippen LogP contribution in [0.3, 0.4) is 0 Å². The van der Waals surface area contributed by atoms with Gasteiger partial charge in [0.1, 0.15) is 11.6 Å². The fourth-order valence-corrected chi connectivity index (χ4v) is 3.71. The number of hydrogen-bond donors (Lipinski definition) is 0. The molecule has 2 aromatic heterocycles. The van der Waals surface area contributed by atoms with Crippen molar-refractivity contribution in [3.63, 3.8) is 0 Å². The highest BCUT2D eigenvalue weighted by Gasteiger charge is 2.21. The molecule has 0 N–H and O–H groups in total. The minimum absolute atomic E-state index is 0.0951. The van der Waals surface area contributed by atoms with Crippen molar-refractivity contribution in [1.29, 1.82) is 0 Å². The molecule has 3 heterocycles. The number of aromatic nitrogens is 4. The largest absolute Gasteiger partial charge is 0.353 e. The molecule has 3 aromatic rings. The van der Waals surface area contributed by atoms with Gasteiger partial charge in [-0.05, 0) is 37.6 Å². The van der Waals surface area contributed by atoms with Crippen LogP contribution in [0.15, 0.2) is 36.4 Å². The third-order valence-electron chi connectivity index (χ3n) is 5.30. The third kappa shape index (κ3) is 4.32. The molecule has 1 fully saturated rings. The van der Waals surface area contributed by atoms with Crippen molar-refractivity contribution >= 4 is 11.7 Å². The molecule has 0 spiro atoms. The van der Waals surface area contributed by atoms with Crippen LogP contribution < -0.4 is 4.90 Å². The van der Waals surface area contributed by atoms with E-state index in [1.54, 1.807) is 23.7 Å². The molecule has 1 aromatic carbocycles. The lowest BCUT2D eigenvalue weighted by Gasteiger charge is -2.35. The lowest BCUT2D eigenvalue weighted by molar-refractivity contribution is -0.129. The summed E-state index contributed by atoms with van der Waals surface area (Å²) in [6.07, 6.45) is 0.565. The Kier molecular flexibility index (Phi) is 5.48. The van der Waals surface area contributed by atoms with E-state index >= 15 is 0 Å². The lowest BCUT2D eigenvalue weighted by atomic mass is 10.1. The van der Waals surface area contributed by atoms with Gasteiger partial charge in [-0.25, -0.2) is 14.1 Å². The monoisotopic (exact) mass is 408 g/mol. The summed E-state index contributed by atoms with van der Waals surface area (Å²) in [6, 6.07) is 10.4. The van der Waals surface area contributed by atoms with Crippen LogP contribution in [-0.2, 0) is 11.2 Å². The lowest BCUT2D eigenvalue weighted by Crippen LogP contribution is -2.48. The van der Waals surface area contributed by atoms with E-state index in [0.717, 1.165) is 28.5 Å². The number of hydrogen-bond acceptors (Lipinski definition) is 5. The molecule has 4 rings (SSSR count). The van der Waals surface area contributed by atoms with Crippen LogP contribution in [0, 0.1) is 19.7 Å². The molecule has 156 valence electrons. The van der Waals surface area contributed by atoms with Gasteiger partial charge >= 0.3 is 0 Å². The summed E-state index contributed by atoms with van der Waals surface area (Å²) in [6.45, 7) is 8.27. The maximum atomic E-state index is 13.3. The summed E-state index contributed by atoms with van der Waals surface area (Å²) in [5, 5.41) is 4.53. The highest BCUT2D eigenvalue weighted by molar-refractivity contribution is 5.73. The zero-order valence-corrected chi connectivity index (χ0v) is 17.5. The Morgan fingerprint density at radius 1 is 1.03 bits per heavy atom. The van der Waals surface area contributed by atoms with Crippen LogP contribution in [0.1, 0.15) is 29.6 Å². The van der Waals surface area contributed by atoms with E-state index in [1.807, 2.05) is 30.9 Å². The summed E-state index contributed by atoms with van der Waals surface area (Å²) < 4.78 is 15.0. The summed E-state index contributed by atoms with van der Waals surface area (Å²) in [7, 11) is 0. The highest BCUT2D eigenvalue weighted by atomic mass is 19.1. The van der Waals surface area contributed by atoms with Gasteiger partial charge in [0.05, 0.1) is 11.4 Å². The van der Waals surface area contributed by atoms with E-state index in [4.69, 9.17) is 9.97 Å². The number of nitrogens with zero attached hydrogens (tertiary/aromatic N) is 6. The number of piperazine rings is 1. The van der Waals surface area contributed by atoms with Crippen LogP contribution >= 0.6 is 0 Å². The van der Waals surface area contributed by atoms with Crippen molar-refractivity contribution in [2.45, 2.75) is 27.2 Å². The average Bonchev–Trinajstić information content (AvgIpc) is 3.07. The van der Waals surface area contributed by atoms with Gasteiger partial charge in [-0.2, -0.15) is 10.1 Å². The molecule has 7 nitrogen and oxygen atoms in total. The van der Waals surface area contributed by atoms with Crippen molar-refractivity contribution in [3.8, 4) is 5.95 Å². The molecule has 0 aliphatic carbocycles. The summed E-state index contributed by atoms with van der Waals surface area (Å²) in [4.78, 5) is 25.2. The molecule has 0 atom stereocenters. The number of rotatable bonds is 4. The Morgan fingerprint density at radius 2 is 1.73 bits per heavy atom. The molecule has 1 saturated heterocycles. The summed E-state index contributed by atoms with van der Waals surface area (Å²) >= 11 is 0. The van der Waals surface area contributed by atoms with Gasteiger partial charge in [-0.15, -0.1) is 0 Å². The number of benzene rings is 1. The molecule has 1 amide bonds. The molecule has 0 radical (unpaired) electrons. The summed E-state index contributed by atoms with van der Waals surface area (Å²) in [5.41, 5.74) is 3.67. The Labute approximate surface area is 175 Å². The maximum absolute atomic E-state index is 13.3.